The van der Waals surface area contributed by atoms with Crippen LogP contribution in [-0.2, 0) is 37.9 Å². The van der Waals surface area contributed by atoms with Crippen LogP contribution in [0.5, 0.6) is 0 Å². The third-order valence-electron chi connectivity index (χ3n) is 28.2. The summed E-state index contributed by atoms with van der Waals surface area (Å²) in [5.41, 5.74) is 40.0. The van der Waals surface area contributed by atoms with Gasteiger partial charge in [-0.05, 0) is 260 Å². The molecule has 130 heavy (non-hydrogen) atoms. The molecule has 2 aliphatic rings. The molecule has 0 saturated heterocycles. The smallest absolute Gasteiger partial charge is 0.252 e. The van der Waals surface area contributed by atoms with Gasteiger partial charge in [0.15, 0.2) is 0 Å². The minimum absolute atomic E-state index is 0.0683. The first-order chi connectivity index (χ1) is 61.9. The molecule has 6 heteroatoms. The highest BCUT2D eigenvalue weighted by molar-refractivity contribution is 7.00. The van der Waals surface area contributed by atoms with Crippen LogP contribution in [0.2, 0.25) is 0 Å². The summed E-state index contributed by atoms with van der Waals surface area (Å²) < 4.78 is 12.4. The number of hydrogen-bond acceptors (Lipinski definition) is 3. The van der Waals surface area contributed by atoms with Gasteiger partial charge >= 0.3 is 0 Å². The molecule has 0 amide bonds. The van der Waals surface area contributed by atoms with Gasteiger partial charge in [0.05, 0.1) is 33.4 Å². The summed E-state index contributed by atoms with van der Waals surface area (Å²) in [5, 5.41) is 7.11. The molecule has 3 aromatic heterocycles. The molecule has 5 nitrogen and oxygen atoms in total. The molecular weight excluding hydrogens is 1570 g/mol. The summed E-state index contributed by atoms with van der Waals surface area (Å²) in [7, 11) is 0. The van der Waals surface area contributed by atoms with Gasteiger partial charge < -0.3 is 23.4 Å². The Balaban J connectivity index is 0.979. The van der Waals surface area contributed by atoms with E-state index in [0.29, 0.717) is 0 Å². The molecule has 0 atom stereocenters. The zero-order valence-electron chi connectivity index (χ0n) is 79.5. The van der Waals surface area contributed by atoms with Crippen LogP contribution in [0, 0.1) is 0 Å². The van der Waals surface area contributed by atoms with Crippen molar-refractivity contribution in [2.75, 3.05) is 9.80 Å². The molecule has 0 bridgehead atoms. The Morgan fingerprint density at radius 3 is 0.862 bits per heavy atom. The average Bonchev–Trinajstić information content (AvgIpc) is 0.745. The van der Waals surface area contributed by atoms with Crippen molar-refractivity contribution < 1.29 is 4.42 Å². The number of anilines is 6. The SMILES string of the molecule is CC(C)(C)c1ccc(-c2cc(-c3cc4c5c(c3)N(c3c(-c6ccccc6)cc(C(C)(C)C)cc3-c3ccccc3)c3cc(-n6c7ccc(C(C)(C)C)cc7c7cc(C(C)(C)C)ccc76)ccc3B5c3ccc(-n5c6ccc(C(C)(C)C)cc6c6cc(C(C)(C)C)ccc65)cc3N4c3c(-c4ccccc4)cc(C(C)(C)C)cc3-c3ccccc3)cc3c2oc2ccccc23)cc1. The van der Waals surface area contributed by atoms with E-state index in [1.807, 2.05) is 0 Å². The zero-order valence-corrected chi connectivity index (χ0v) is 79.5. The zero-order chi connectivity index (χ0) is 90.5. The van der Waals surface area contributed by atoms with Gasteiger partial charge in [-0.1, -0.05) is 346 Å². The van der Waals surface area contributed by atoms with Gasteiger partial charge in [-0.2, -0.15) is 0 Å². The standard InChI is InChI=1S/C124H117BN4O/c1-118(2,3)83-48-46-80(47-49-83)97-62-81(63-102-92-44-34-35-45-113(92)130-117(97)102)82-64-111-114-112(65-82)129(116-95(78-40-30-24-31-41-78)72-89(124(19,20)21)73-96(116)79-42-32-25-33-43-79)110-75-91(127-107-60-52-86(121(10,11)12)68-100(107)101-69-87(122(13,14)15)53-61-108(101)127)55-57-104(110)125(114)103-56-54-90(126-105-58-50-84(119(4,5)6)66-98(105)99-67-85(120(7,8)9)51-59-106(99)126)74-109(103)128(111)115-93(76-36-26-22-27-37-76)70-88(123(16,17)18)71-94(115)77-38-28-23-29-39-77/h22-75H,1-21H3. The Hall–Kier alpha value is -13.4. The van der Waals surface area contributed by atoms with Crippen molar-refractivity contribution in [1.82, 2.24) is 9.13 Å². The number of benzene rings is 16. The van der Waals surface area contributed by atoms with Gasteiger partial charge in [0.1, 0.15) is 11.2 Å². The lowest BCUT2D eigenvalue weighted by atomic mass is 9.33. The summed E-state index contributed by atoms with van der Waals surface area (Å²) >= 11 is 0. The maximum Gasteiger partial charge on any atom is 0.252 e. The van der Waals surface area contributed by atoms with Gasteiger partial charge in [-0.3, -0.25) is 0 Å². The predicted octanol–water partition coefficient (Wildman–Crippen LogP) is 32.9. The maximum absolute atomic E-state index is 7.25. The van der Waals surface area contributed by atoms with Crippen LogP contribution in [0.25, 0.3) is 144 Å². The molecule has 21 rings (SSSR count). The molecule has 19 aromatic rings. The number of rotatable bonds is 10. The fraction of sp³-hybridized carbons (Fsp3) is 0.226. The molecule has 0 unspecified atom stereocenters. The van der Waals surface area contributed by atoms with E-state index in [0.717, 1.165) is 134 Å². The third kappa shape index (κ3) is 14.1. The highest BCUT2D eigenvalue weighted by atomic mass is 16.3. The quantitative estimate of drug-likeness (QED) is 0.128. The van der Waals surface area contributed by atoms with Crippen molar-refractivity contribution in [2.24, 2.45) is 0 Å². The van der Waals surface area contributed by atoms with Crippen LogP contribution in [0.4, 0.5) is 34.1 Å². The highest BCUT2D eigenvalue weighted by Crippen LogP contribution is 2.57. The van der Waals surface area contributed by atoms with E-state index in [1.165, 1.54) is 98.9 Å². The Morgan fingerprint density at radius 1 is 0.215 bits per heavy atom. The number of fused-ring (bicyclic) bond motifs is 13. The van der Waals surface area contributed by atoms with E-state index in [2.05, 4.69) is 492 Å². The van der Waals surface area contributed by atoms with Crippen LogP contribution in [0.15, 0.2) is 332 Å². The molecule has 16 aromatic carbocycles. The lowest BCUT2D eigenvalue weighted by Gasteiger charge is -2.46. The summed E-state index contributed by atoms with van der Waals surface area (Å²) in [5.74, 6) is 0. The lowest BCUT2D eigenvalue weighted by molar-refractivity contribution is 0.590. The fourth-order valence-corrected chi connectivity index (χ4v) is 20.7. The second kappa shape index (κ2) is 30.1. The van der Waals surface area contributed by atoms with E-state index in [4.69, 9.17) is 4.42 Å². The van der Waals surface area contributed by atoms with Crippen LogP contribution < -0.4 is 26.2 Å². The van der Waals surface area contributed by atoms with E-state index in [9.17, 15) is 0 Å². The van der Waals surface area contributed by atoms with Crippen molar-refractivity contribution >= 4 is 123 Å². The van der Waals surface area contributed by atoms with Crippen molar-refractivity contribution in [3.8, 4) is 78.1 Å². The summed E-state index contributed by atoms with van der Waals surface area (Å²) in [4.78, 5) is 5.53. The number of hydrogen-bond donors (Lipinski definition) is 0. The van der Waals surface area contributed by atoms with Crippen molar-refractivity contribution in [1.29, 1.82) is 0 Å². The molecule has 0 saturated carbocycles. The second-order valence-electron chi connectivity index (χ2n) is 44.2. The minimum Gasteiger partial charge on any atom is -0.455 e. The highest BCUT2D eigenvalue weighted by Gasteiger charge is 2.47. The Bertz CT molecular complexity index is 7140. The second-order valence-corrected chi connectivity index (χ2v) is 44.2. The monoisotopic (exact) mass is 1690 g/mol. The summed E-state index contributed by atoms with van der Waals surface area (Å²) in [6.45, 7) is 48.9. The van der Waals surface area contributed by atoms with Gasteiger partial charge in [0.2, 0.25) is 0 Å². The molecular formula is C124H117BN4O. The molecule has 5 heterocycles. The van der Waals surface area contributed by atoms with Crippen LogP contribution in [0.3, 0.4) is 0 Å². The van der Waals surface area contributed by atoms with E-state index in [-0.39, 0.29) is 44.6 Å². The number of furan rings is 1. The summed E-state index contributed by atoms with van der Waals surface area (Å²) in [6.07, 6.45) is 0. The Kier molecular flexibility index (Phi) is 19.3. The van der Waals surface area contributed by atoms with Gasteiger partial charge in [0.25, 0.3) is 6.71 Å². The van der Waals surface area contributed by atoms with Crippen LogP contribution in [-0.4, -0.2) is 15.8 Å². The first-order valence-corrected chi connectivity index (χ1v) is 46.8. The van der Waals surface area contributed by atoms with Crippen LogP contribution >= 0.6 is 0 Å². The first-order valence-electron chi connectivity index (χ1n) is 46.8. The Labute approximate surface area is 768 Å². The largest absolute Gasteiger partial charge is 0.455 e. The van der Waals surface area contributed by atoms with Crippen molar-refractivity contribution in [3.05, 3.63) is 367 Å². The predicted molar refractivity (Wildman–Crippen MR) is 560 cm³/mol. The normalized spacial score (nSPS) is 13.4. The van der Waals surface area contributed by atoms with Gasteiger partial charge in [-0.25, -0.2) is 0 Å². The summed E-state index contributed by atoms with van der Waals surface area (Å²) in [6, 6.07) is 128. The topological polar surface area (TPSA) is 29.5 Å². The molecule has 0 spiro atoms. The van der Waals surface area contributed by atoms with Crippen LogP contribution in [0.1, 0.15) is 184 Å². The van der Waals surface area contributed by atoms with Crippen molar-refractivity contribution in [2.45, 2.75) is 183 Å². The molecule has 0 fully saturated rings. The number of para-hydroxylation sites is 1. The minimum atomic E-state index is -0.357. The Morgan fingerprint density at radius 2 is 0.523 bits per heavy atom. The van der Waals surface area contributed by atoms with Gasteiger partial charge in [-0.15, -0.1) is 0 Å². The number of aromatic nitrogens is 2. The molecule has 0 radical (unpaired) electrons. The lowest BCUT2D eigenvalue weighted by Crippen LogP contribution is -2.61. The van der Waals surface area contributed by atoms with Crippen molar-refractivity contribution in [3.63, 3.8) is 0 Å². The van der Waals surface area contributed by atoms with E-state index in [1.54, 1.807) is 0 Å². The molecule has 0 N–H and O–H groups in total. The molecule has 0 aliphatic carbocycles. The average molecular weight is 1690 g/mol. The molecule has 642 valence electrons. The number of nitrogens with zero attached hydrogens (tertiary/aromatic N) is 4. The fourth-order valence-electron chi connectivity index (χ4n) is 20.7. The van der Waals surface area contributed by atoms with Gasteiger partial charge in [0, 0.05) is 94.3 Å². The maximum atomic E-state index is 7.25. The van der Waals surface area contributed by atoms with E-state index >= 15 is 0 Å². The molecule has 2 aliphatic heterocycles. The van der Waals surface area contributed by atoms with E-state index < -0.39 is 0 Å². The first kappa shape index (κ1) is 83.5. The third-order valence-corrected chi connectivity index (χ3v) is 28.2.